The van der Waals surface area contributed by atoms with Crippen molar-refractivity contribution in [3.05, 3.63) is 76.4 Å². The van der Waals surface area contributed by atoms with E-state index in [9.17, 15) is 28.1 Å². The number of amides is 1. The molecule has 3 N–H and O–H groups in total. The van der Waals surface area contributed by atoms with Gasteiger partial charge in [0.05, 0.1) is 10.5 Å². The summed E-state index contributed by atoms with van der Waals surface area (Å²) in [5.41, 5.74) is 3.25. The van der Waals surface area contributed by atoms with Crippen LogP contribution in [0.2, 0.25) is 0 Å². The number of halogens is 3. The van der Waals surface area contributed by atoms with Crippen LogP contribution in [0.5, 0.6) is 0 Å². The second-order valence-corrected chi connectivity index (χ2v) is 5.67. The Bertz CT molecular complexity index is 1060. The molecule has 1 aromatic carbocycles. The van der Waals surface area contributed by atoms with Crippen molar-refractivity contribution < 1.29 is 22.9 Å². The monoisotopic (exact) mass is 419 g/mol. The molecule has 0 aliphatic heterocycles. The van der Waals surface area contributed by atoms with Gasteiger partial charge in [-0.25, -0.2) is 9.97 Å². The molecule has 0 radical (unpaired) electrons. The number of benzene rings is 1. The summed E-state index contributed by atoms with van der Waals surface area (Å²) in [6, 6.07) is 8.47. The normalized spacial score (nSPS) is 10.9. The summed E-state index contributed by atoms with van der Waals surface area (Å²) in [6.07, 6.45) is -2.13. The predicted octanol–water partition coefficient (Wildman–Crippen LogP) is 3.30. The highest BCUT2D eigenvalue weighted by molar-refractivity contribution is 5.93. The minimum absolute atomic E-state index is 0.0600. The molecule has 30 heavy (non-hydrogen) atoms. The van der Waals surface area contributed by atoms with Crippen LogP contribution in [0.25, 0.3) is 0 Å². The van der Waals surface area contributed by atoms with Crippen LogP contribution in [-0.4, -0.2) is 25.8 Å². The van der Waals surface area contributed by atoms with Gasteiger partial charge in [-0.2, -0.15) is 13.2 Å². The van der Waals surface area contributed by atoms with Crippen molar-refractivity contribution in [1.29, 1.82) is 0 Å². The Balaban J connectivity index is 1.81. The maximum absolute atomic E-state index is 12.7. The number of hydrogen-bond donors (Lipinski definition) is 3. The topological polar surface area (TPSA) is 135 Å². The number of hydrogen-bond acceptors (Lipinski definition) is 8. The summed E-state index contributed by atoms with van der Waals surface area (Å²) in [5.74, 6) is -1.29. The lowest BCUT2D eigenvalue weighted by atomic mass is 10.2. The van der Waals surface area contributed by atoms with E-state index in [1.54, 1.807) is 12.1 Å². The van der Waals surface area contributed by atoms with E-state index >= 15 is 0 Å². The van der Waals surface area contributed by atoms with Crippen molar-refractivity contribution in [1.82, 2.24) is 20.4 Å². The first-order valence-electron chi connectivity index (χ1n) is 8.17. The minimum atomic E-state index is -4.51. The van der Waals surface area contributed by atoms with E-state index in [1.165, 1.54) is 12.3 Å². The van der Waals surface area contributed by atoms with Crippen LogP contribution in [0.4, 0.5) is 36.2 Å². The molecular formula is C17H12F3N7O3. The van der Waals surface area contributed by atoms with E-state index in [4.69, 9.17) is 0 Å². The molecule has 0 spiro atoms. The smallest absolute Gasteiger partial charge is 0.334 e. The third-order valence-electron chi connectivity index (χ3n) is 3.67. The number of aromatic nitrogens is 3. The van der Waals surface area contributed by atoms with E-state index in [0.717, 1.165) is 30.6 Å². The average Bonchev–Trinajstić information content (AvgIpc) is 2.72. The number of nitrogens with one attached hydrogen (secondary N) is 3. The van der Waals surface area contributed by atoms with Crippen molar-refractivity contribution in [2.24, 2.45) is 0 Å². The molecule has 154 valence electrons. The molecule has 3 rings (SSSR count). The molecule has 3 aromatic rings. The van der Waals surface area contributed by atoms with Gasteiger partial charge in [-0.15, -0.1) is 0 Å². The Labute approximate surface area is 166 Å². The van der Waals surface area contributed by atoms with E-state index < -0.39 is 28.3 Å². The first kappa shape index (κ1) is 20.4. The Kier molecular flexibility index (Phi) is 5.71. The highest BCUT2D eigenvalue weighted by Gasteiger charge is 2.30. The quantitative estimate of drug-likeness (QED) is 0.409. The van der Waals surface area contributed by atoms with E-state index in [-0.39, 0.29) is 23.0 Å². The van der Waals surface area contributed by atoms with Crippen molar-refractivity contribution >= 4 is 28.9 Å². The Morgan fingerprint density at radius 2 is 1.70 bits per heavy atom. The zero-order valence-corrected chi connectivity index (χ0v) is 14.8. The number of rotatable bonds is 6. The summed E-state index contributed by atoms with van der Waals surface area (Å²) in [7, 11) is 0. The average molecular weight is 419 g/mol. The SMILES string of the molecule is O=C(NNc1ncnc(Nc2ccc(C(F)(F)F)cc2)c1[N+](=O)[O-])c1ccccn1. The van der Waals surface area contributed by atoms with Crippen LogP contribution in [0.3, 0.4) is 0 Å². The molecule has 0 saturated carbocycles. The standard InChI is InChI=1S/C17H12F3N7O3/c18-17(19,20)10-4-6-11(7-5-10)24-14-13(27(29)30)15(23-9-22-14)25-26-16(28)12-3-1-2-8-21-12/h1-9H,(H,26,28)(H2,22,23,24,25). The Morgan fingerprint density at radius 1 is 1.00 bits per heavy atom. The maximum Gasteiger partial charge on any atom is 0.416 e. The van der Waals surface area contributed by atoms with Gasteiger partial charge in [0.15, 0.2) is 0 Å². The first-order valence-corrected chi connectivity index (χ1v) is 8.17. The summed E-state index contributed by atoms with van der Waals surface area (Å²) >= 11 is 0. The number of carbonyl (C=O) groups is 1. The van der Waals surface area contributed by atoms with Crippen LogP contribution >= 0.6 is 0 Å². The predicted molar refractivity (Wildman–Crippen MR) is 98.7 cm³/mol. The van der Waals surface area contributed by atoms with Crippen molar-refractivity contribution in [2.45, 2.75) is 6.18 Å². The first-order chi connectivity index (χ1) is 14.3. The third kappa shape index (κ3) is 4.76. The number of nitrogens with zero attached hydrogens (tertiary/aromatic N) is 4. The summed E-state index contributed by atoms with van der Waals surface area (Å²) in [5, 5.41) is 14.1. The molecule has 0 atom stereocenters. The summed E-state index contributed by atoms with van der Waals surface area (Å²) in [4.78, 5) is 34.1. The van der Waals surface area contributed by atoms with E-state index in [0.29, 0.717) is 0 Å². The highest BCUT2D eigenvalue weighted by atomic mass is 19.4. The van der Waals surface area contributed by atoms with Gasteiger partial charge >= 0.3 is 11.9 Å². The fourth-order valence-electron chi connectivity index (χ4n) is 2.29. The second-order valence-electron chi connectivity index (χ2n) is 5.67. The molecule has 2 heterocycles. The minimum Gasteiger partial charge on any atom is -0.334 e. The van der Waals surface area contributed by atoms with Crippen molar-refractivity contribution in [3.8, 4) is 0 Å². The molecule has 13 heteroatoms. The number of nitro groups is 1. The molecule has 0 fully saturated rings. The number of anilines is 3. The van der Waals surface area contributed by atoms with Gasteiger partial charge in [0, 0.05) is 11.9 Å². The Morgan fingerprint density at radius 3 is 2.30 bits per heavy atom. The molecule has 0 aliphatic carbocycles. The van der Waals surface area contributed by atoms with Crippen LogP contribution in [0, 0.1) is 10.1 Å². The molecule has 1 amide bonds. The second kappa shape index (κ2) is 8.38. The van der Waals surface area contributed by atoms with E-state index in [2.05, 4.69) is 31.1 Å². The van der Waals surface area contributed by atoms with Gasteiger partial charge in [0.25, 0.3) is 5.91 Å². The zero-order valence-electron chi connectivity index (χ0n) is 14.8. The van der Waals surface area contributed by atoms with Gasteiger partial charge in [0.2, 0.25) is 11.6 Å². The lowest BCUT2D eigenvalue weighted by Crippen LogP contribution is -2.31. The van der Waals surface area contributed by atoms with Crippen LogP contribution in [0.1, 0.15) is 16.1 Å². The summed E-state index contributed by atoms with van der Waals surface area (Å²) in [6.45, 7) is 0. The highest BCUT2D eigenvalue weighted by Crippen LogP contribution is 2.33. The maximum atomic E-state index is 12.7. The lowest BCUT2D eigenvalue weighted by molar-refractivity contribution is -0.383. The summed E-state index contributed by atoms with van der Waals surface area (Å²) < 4.78 is 38.0. The molecule has 10 nitrogen and oxygen atoms in total. The fourth-order valence-corrected chi connectivity index (χ4v) is 2.29. The third-order valence-corrected chi connectivity index (χ3v) is 3.67. The molecule has 0 unspecified atom stereocenters. The molecule has 2 aromatic heterocycles. The number of alkyl halides is 3. The van der Waals surface area contributed by atoms with Gasteiger partial charge in [-0.3, -0.25) is 30.7 Å². The van der Waals surface area contributed by atoms with Gasteiger partial charge in [-0.05, 0) is 36.4 Å². The van der Waals surface area contributed by atoms with Gasteiger partial charge in [0.1, 0.15) is 12.0 Å². The number of carbonyl (C=O) groups excluding carboxylic acids is 1. The lowest BCUT2D eigenvalue weighted by Gasteiger charge is -2.11. The number of hydrazine groups is 1. The van der Waals surface area contributed by atoms with Crippen molar-refractivity contribution in [2.75, 3.05) is 10.7 Å². The molecule has 0 bridgehead atoms. The van der Waals surface area contributed by atoms with Crippen molar-refractivity contribution in [3.63, 3.8) is 0 Å². The van der Waals surface area contributed by atoms with Crippen LogP contribution in [0.15, 0.2) is 55.0 Å². The van der Waals surface area contributed by atoms with E-state index in [1.807, 2.05) is 0 Å². The molecular weight excluding hydrogens is 407 g/mol. The largest absolute Gasteiger partial charge is 0.416 e. The van der Waals surface area contributed by atoms with Gasteiger partial charge < -0.3 is 5.32 Å². The fraction of sp³-hybridized carbons (Fsp3) is 0.0588. The zero-order chi connectivity index (χ0) is 21.7. The molecule has 0 saturated heterocycles. The Hall–Kier alpha value is -4.29. The molecule has 0 aliphatic rings. The number of pyridine rings is 1. The van der Waals surface area contributed by atoms with Crippen LogP contribution in [-0.2, 0) is 6.18 Å². The van der Waals surface area contributed by atoms with Crippen LogP contribution < -0.4 is 16.2 Å². The van der Waals surface area contributed by atoms with Gasteiger partial charge in [-0.1, -0.05) is 6.07 Å².